The highest BCUT2D eigenvalue weighted by atomic mass is 32.2. The Bertz CT molecular complexity index is 1420. The van der Waals surface area contributed by atoms with Crippen LogP contribution in [0.15, 0.2) is 48.6 Å². The number of carbonyl (C=O) groups is 1. The molecule has 1 aromatic carbocycles. The monoisotopic (exact) mass is 474 g/mol. The SMILES string of the molecule is COc1ccc2occ(C=C3C(=N)N4C(=NC3=O)SN=C4S(=O)(=O)CC(C)C)c(=O)c2c1. The molecular weight excluding hydrogens is 456 g/mol. The first kappa shape index (κ1) is 22.0. The summed E-state index contributed by atoms with van der Waals surface area (Å²) in [7, 11) is -2.36. The minimum Gasteiger partial charge on any atom is -0.497 e. The number of rotatable bonds is 4. The average Bonchev–Trinajstić information content (AvgIpc) is 3.16. The Balaban J connectivity index is 1.78. The van der Waals surface area contributed by atoms with Crippen LogP contribution < -0.4 is 10.2 Å². The number of nitrogens with one attached hydrogen (secondary N) is 1. The molecule has 1 aromatic heterocycles. The van der Waals surface area contributed by atoms with E-state index in [-0.39, 0.29) is 38.5 Å². The molecular formula is C20H18N4O6S2. The van der Waals surface area contributed by atoms with E-state index in [0.717, 1.165) is 4.90 Å². The van der Waals surface area contributed by atoms with Gasteiger partial charge in [-0.2, -0.15) is 9.39 Å². The van der Waals surface area contributed by atoms with Crippen molar-refractivity contribution in [2.24, 2.45) is 15.3 Å². The molecule has 10 nitrogen and oxygen atoms in total. The van der Waals surface area contributed by atoms with Crippen LogP contribution in [0.5, 0.6) is 5.75 Å². The summed E-state index contributed by atoms with van der Waals surface area (Å²) >= 11 is 0.715. The Morgan fingerprint density at radius 3 is 2.75 bits per heavy atom. The van der Waals surface area contributed by atoms with Crippen molar-refractivity contribution in [1.82, 2.24) is 4.90 Å². The molecule has 32 heavy (non-hydrogen) atoms. The summed E-state index contributed by atoms with van der Waals surface area (Å²) in [5.41, 5.74) is -0.357. The number of carbonyl (C=O) groups excluding carboxylic acids is 1. The lowest BCUT2D eigenvalue weighted by Crippen LogP contribution is -2.46. The topological polar surface area (TPSA) is 142 Å². The summed E-state index contributed by atoms with van der Waals surface area (Å²) in [6.45, 7) is 3.50. The molecule has 4 rings (SSSR count). The van der Waals surface area contributed by atoms with Crippen molar-refractivity contribution in [2.75, 3.05) is 12.9 Å². The van der Waals surface area contributed by atoms with Crippen LogP contribution in [0.4, 0.5) is 0 Å². The summed E-state index contributed by atoms with van der Waals surface area (Å²) in [6.07, 6.45) is 2.35. The fourth-order valence-electron chi connectivity index (χ4n) is 3.22. The third-order valence-corrected chi connectivity index (χ3v) is 7.38. The zero-order valence-corrected chi connectivity index (χ0v) is 18.9. The maximum Gasteiger partial charge on any atom is 0.283 e. The number of hydrogen-bond donors (Lipinski definition) is 1. The van der Waals surface area contributed by atoms with Crippen LogP contribution in [0.25, 0.3) is 17.0 Å². The van der Waals surface area contributed by atoms with Gasteiger partial charge in [0.1, 0.15) is 23.4 Å². The molecule has 12 heteroatoms. The molecule has 0 radical (unpaired) electrons. The first-order valence-corrected chi connectivity index (χ1v) is 11.9. The first-order chi connectivity index (χ1) is 15.1. The van der Waals surface area contributed by atoms with Crippen LogP contribution in [-0.2, 0) is 14.6 Å². The number of benzene rings is 1. The van der Waals surface area contributed by atoms with Gasteiger partial charge in [-0.05, 0) is 30.2 Å². The number of nitrogens with zero attached hydrogens (tertiary/aromatic N) is 3. The van der Waals surface area contributed by atoms with Crippen molar-refractivity contribution in [3.63, 3.8) is 0 Å². The Kier molecular flexibility index (Phi) is 5.51. The van der Waals surface area contributed by atoms with Crippen molar-refractivity contribution in [3.05, 3.63) is 45.8 Å². The number of amides is 1. The van der Waals surface area contributed by atoms with Gasteiger partial charge in [0, 0.05) is 0 Å². The smallest absolute Gasteiger partial charge is 0.283 e. The molecule has 0 spiro atoms. The molecule has 3 heterocycles. The lowest BCUT2D eigenvalue weighted by atomic mass is 10.1. The van der Waals surface area contributed by atoms with Crippen molar-refractivity contribution in [2.45, 2.75) is 13.8 Å². The van der Waals surface area contributed by atoms with E-state index < -0.39 is 27.0 Å². The van der Waals surface area contributed by atoms with Crippen LogP contribution in [0.2, 0.25) is 0 Å². The minimum absolute atomic E-state index is 0.00730. The molecule has 0 unspecified atom stereocenters. The highest BCUT2D eigenvalue weighted by Crippen LogP contribution is 2.30. The number of hydrogen-bond acceptors (Lipinski definition) is 9. The van der Waals surface area contributed by atoms with Gasteiger partial charge in [-0.25, -0.2) is 13.3 Å². The van der Waals surface area contributed by atoms with Crippen molar-refractivity contribution < 1.29 is 22.4 Å². The highest BCUT2D eigenvalue weighted by Gasteiger charge is 2.42. The molecule has 0 saturated heterocycles. The van der Waals surface area contributed by atoms with Gasteiger partial charge < -0.3 is 9.15 Å². The third kappa shape index (κ3) is 3.75. The van der Waals surface area contributed by atoms with Gasteiger partial charge in [-0.15, -0.1) is 0 Å². The summed E-state index contributed by atoms with van der Waals surface area (Å²) < 4.78 is 40.0. The second-order valence-corrected chi connectivity index (χ2v) is 10.1. The number of methoxy groups -OCH3 is 1. The quantitative estimate of drug-likeness (QED) is 0.526. The molecule has 0 aliphatic carbocycles. The maximum absolute atomic E-state index is 12.9. The molecule has 2 aromatic rings. The summed E-state index contributed by atoms with van der Waals surface area (Å²) in [6, 6.07) is 4.73. The Labute approximate surface area is 187 Å². The molecule has 0 saturated carbocycles. The van der Waals surface area contributed by atoms with E-state index >= 15 is 0 Å². The van der Waals surface area contributed by atoms with Gasteiger partial charge in [-0.3, -0.25) is 15.0 Å². The zero-order valence-electron chi connectivity index (χ0n) is 17.3. The van der Waals surface area contributed by atoms with E-state index in [1.807, 2.05) is 0 Å². The molecule has 2 aliphatic rings. The highest BCUT2D eigenvalue weighted by molar-refractivity contribution is 8.16. The minimum atomic E-state index is -3.82. The zero-order chi connectivity index (χ0) is 23.2. The van der Waals surface area contributed by atoms with E-state index in [4.69, 9.17) is 14.6 Å². The lowest BCUT2D eigenvalue weighted by Gasteiger charge is -2.24. The van der Waals surface area contributed by atoms with E-state index in [1.54, 1.807) is 26.0 Å². The number of amidine groups is 3. The number of ether oxygens (including phenoxy) is 1. The van der Waals surface area contributed by atoms with E-state index in [9.17, 15) is 18.0 Å². The molecule has 0 atom stereocenters. The normalized spacial score (nSPS) is 17.8. The average molecular weight is 475 g/mol. The molecule has 2 aliphatic heterocycles. The molecule has 166 valence electrons. The fraction of sp³-hybridized carbons (Fsp3) is 0.250. The van der Waals surface area contributed by atoms with Gasteiger partial charge in [0.25, 0.3) is 5.91 Å². The van der Waals surface area contributed by atoms with Gasteiger partial charge in [0.15, 0.2) is 5.43 Å². The summed E-state index contributed by atoms with van der Waals surface area (Å²) in [5.74, 6) is -1.09. The van der Waals surface area contributed by atoms with E-state index in [2.05, 4.69) is 9.39 Å². The van der Waals surface area contributed by atoms with Crippen LogP contribution >= 0.6 is 11.9 Å². The predicted octanol–water partition coefficient (Wildman–Crippen LogP) is 2.45. The molecule has 1 amide bonds. The largest absolute Gasteiger partial charge is 0.497 e. The molecule has 0 fully saturated rings. The van der Waals surface area contributed by atoms with Crippen LogP contribution in [0.1, 0.15) is 19.4 Å². The van der Waals surface area contributed by atoms with E-state index in [0.29, 0.717) is 23.3 Å². The fourth-order valence-corrected chi connectivity index (χ4v) is 5.95. The lowest BCUT2D eigenvalue weighted by molar-refractivity contribution is -0.114. The van der Waals surface area contributed by atoms with Crippen LogP contribution in [0, 0.1) is 11.3 Å². The standard InChI is InChI=1S/C20H18N4O6S2/c1-10(2)9-32(27,28)20-23-31-19-22-18(26)14(17(21)24(19)20)6-11-8-30-15-5-4-12(29-3)7-13(15)16(11)25/h4-8,10,21H,9H2,1-3H3. The second kappa shape index (κ2) is 8.02. The Morgan fingerprint density at radius 1 is 1.31 bits per heavy atom. The predicted molar refractivity (Wildman–Crippen MR) is 123 cm³/mol. The number of aliphatic imine (C=N–C) groups is 1. The van der Waals surface area contributed by atoms with Gasteiger partial charge in [0.2, 0.25) is 20.2 Å². The Morgan fingerprint density at radius 2 is 2.06 bits per heavy atom. The first-order valence-electron chi connectivity index (χ1n) is 9.43. The number of sulfone groups is 1. The van der Waals surface area contributed by atoms with Crippen molar-refractivity contribution >= 4 is 60.9 Å². The van der Waals surface area contributed by atoms with Crippen LogP contribution in [0.3, 0.4) is 0 Å². The molecule has 0 bridgehead atoms. The maximum atomic E-state index is 12.9. The van der Waals surface area contributed by atoms with Gasteiger partial charge in [-0.1, -0.05) is 13.8 Å². The Hall–Kier alpha value is -3.25. The second-order valence-electron chi connectivity index (χ2n) is 7.46. The number of fused-ring (bicyclic) bond motifs is 2. The third-order valence-electron chi connectivity index (χ3n) is 4.63. The van der Waals surface area contributed by atoms with Crippen molar-refractivity contribution in [1.29, 1.82) is 5.41 Å². The van der Waals surface area contributed by atoms with Gasteiger partial charge in [0.05, 0.1) is 41.3 Å². The summed E-state index contributed by atoms with van der Waals surface area (Å²) in [4.78, 5) is 30.4. The van der Waals surface area contributed by atoms with Crippen LogP contribution in [-0.4, -0.2) is 48.3 Å². The van der Waals surface area contributed by atoms with E-state index in [1.165, 1.54) is 25.5 Å². The summed E-state index contributed by atoms with van der Waals surface area (Å²) in [5, 5.41) is 8.35. The van der Waals surface area contributed by atoms with Gasteiger partial charge >= 0.3 is 0 Å². The molecule has 1 N–H and O–H groups in total. The van der Waals surface area contributed by atoms with Crippen molar-refractivity contribution in [3.8, 4) is 5.75 Å².